The highest BCUT2D eigenvalue weighted by Gasteiger charge is 2.14. The van der Waals surface area contributed by atoms with Gasteiger partial charge in [-0.3, -0.25) is 4.99 Å². The van der Waals surface area contributed by atoms with Gasteiger partial charge in [-0.05, 0) is 30.7 Å². The third-order valence-corrected chi connectivity index (χ3v) is 3.83. The number of hydrogen-bond donors (Lipinski definition) is 1. The predicted octanol–water partition coefficient (Wildman–Crippen LogP) is 3.80. The molecule has 0 saturated heterocycles. The molecule has 0 radical (unpaired) electrons. The Hall–Kier alpha value is -2.07. The molecule has 0 fully saturated rings. The average molecular weight is 319 g/mol. The van der Waals surface area contributed by atoms with Crippen molar-refractivity contribution in [3.8, 4) is 5.75 Å². The first-order valence-corrected chi connectivity index (χ1v) is 7.57. The molecular weight excluding hydrogens is 303 g/mol. The number of hydrogen-bond acceptors (Lipinski definition) is 3. The van der Waals surface area contributed by atoms with Gasteiger partial charge in [-0.1, -0.05) is 29.8 Å². The van der Waals surface area contributed by atoms with Crippen LogP contribution in [0.2, 0.25) is 5.02 Å². The second-order valence-electron chi connectivity index (χ2n) is 5.00. The SMILES string of the molecule is Fc1cccc(Cl)c1COc1ccccc1C1=NCCCN1. The molecule has 2 aromatic carbocycles. The topological polar surface area (TPSA) is 33.6 Å². The third-order valence-electron chi connectivity index (χ3n) is 3.47. The lowest BCUT2D eigenvalue weighted by Gasteiger charge is -2.18. The molecule has 1 aliphatic rings. The van der Waals surface area contributed by atoms with Gasteiger partial charge in [-0.2, -0.15) is 0 Å². The van der Waals surface area contributed by atoms with Crippen molar-refractivity contribution in [2.45, 2.75) is 13.0 Å². The summed E-state index contributed by atoms with van der Waals surface area (Å²) in [7, 11) is 0. The Labute approximate surface area is 133 Å². The number of amidine groups is 1. The Morgan fingerprint density at radius 2 is 2.05 bits per heavy atom. The zero-order valence-corrected chi connectivity index (χ0v) is 12.7. The zero-order chi connectivity index (χ0) is 15.4. The first-order valence-electron chi connectivity index (χ1n) is 7.19. The molecule has 3 nitrogen and oxygen atoms in total. The molecule has 22 heavy (non-hydrogen) atoms. The van der Waals surface area contributed by atoms with E-state index in [-0.39, 0.29) is 12.4 Å². The summed E-state index contributed by atoms with van der Waals surface area (Å²) in [6.45, 7) is 1.78. The van der Waals surface area contributed by atoms with Gasteiger partial charge in [-0.15, -0.1) is 0 Å². The molecule has 0 saturated carbocycles. The molecule has 0 bridgehead atoms. The largest absolute Gasteiger partial charge is 0.488 e. The molecular formula is C17H16ClFN2O. The van der Waals surface area contributed by atoms with Gasteiger partial charge in [0.25, 0.3) is 0 Å². The Balaban J connectivity index is 1.83. The smallest absolute Gasteiger partial charge is 0.132 e. The van der Waals surface area contributed by atoms with Gasteiger partial charge in [0.15, 0.2) is 0 Å². The summed E-state index contributed by atoms with van der Waals surface area (Å²) in [6, 6.07) is 12.2. The molecule has 3 rings (SSSR count). The Morgan fingerprint density at radius 1 is 1.18 bits per heavy atom. The number of aliphatic imine (C=N–C) groups is 1. The van der Waals surface area contributed by atoms with Gasteiger partial charge >= 0.3 is 0 Å². The van der Waals surface area contributed by atoms with Crippen LogP contribution in [0.4, 0.5) is 4.39 Å². The number of halogens is 2. The fourth-order valence-electron chi connectivity index (χ4n) is 2.32. The number of nitrogens with one attached hydrogen (secondary N) is 1. The summed E-state index contributed by atoms with van der Waals surface area (Å²) in [6.07, 6.45) is 1.03. The van der Waals surface area contributed by atoms with E-state index in [1.165, 1.54) is 6.07 Å². The summed E-state index contributed by atoms with van der Waals surface area (Å²) >= 11 is 6.03. The zero-order valence-electron chi connectivity index (χ0n) is 12.0. The molecule has 0 spiro atoms. The van der Waals surface area contributed by atoms with Crippen LogP contribution in [0.3, 0.4) is 0 Å². The van der Waals surface area contributed by atoms with Crippen molar-refractivity contribution in [2.24, 2.45) is 4.99 Å². The molecule has 1 aliphatic heterocycles. The summed E-state index contributed by atoms with van der Waals surface area (Å²) in [5.74, 6) is 1.12. The van der Waals surface area contributed by atoms with Gasteiger partial charge in [0.05, 0.1) is 10.6 Å². The molecule has 0 atom stereocenters. The van der Waals surface area contributed by atoms with E-state index in [1.54, 1.807) is 12.1 Å². The molecule has 2 aromatic rings. The van der Waals surface area contributed by atoms with E-state index >= 15 is 0 Å². The second-order valence-corrected chi connectivity index (χ2v) is 5.40. The van der Waals surface area contributed by atoms with Crippen LogP contribution in [0.15, 0.2) is 47.5 Å². The van der Waals surface area contributed by atoms with Crippen molar-refractivity contribution in [3.63, 3.8) is 0 Å². The minimum atomic E-state index is -0.363. The fourth-order valence-corrected chi connectivity index (χ4v) is 2.54. The van der Waals surface area contributed by atoms with E-state index in [0.717, 1.165) is 30.9 Å². The normalized spacial score (nSPS) is 14.2. The fraction of sp³-hybridized carbons (Fsp3) is 0.235. The molecule has 0 unspecified atom stereocenters. The summed E-state index contributed by atoms with van der Waals surface area (Å²) in [5.41, 5.74) is 1.24. The van der Waals surface area contributed by atoms with Crippen LogP contribution < -0.4 is 10.1 Å². The van der Waals surface area contributed by atoms with Crippen molar-refractivity contribution in [2.75, 3.05) is 13.1 Å². The number of benzene rings is 2. The summed E-state index contributed by atoms with van der Waals surface area (Å²) in [5, 5.41) is 3.63. The van der Waals surface area contributed by atoms with Gasteiger partial charge in [0, 0.05) is 18.7 Å². The number of nitrogens with zero attached hydrogens (tertiary/aromatic N) is 1. The minimum Gasteiger partial charge on any atom is -0.488 e. The van der Waals surface area contributed by atoms with Gasteiger partial charge in [0.1, 0.15) is 24.0 Å². The van der Waals surface area contributed by atoms with Crippen molar-refractivity contribution in [3.05, 3.63) is 64.4 Å². The van der Waals surface area contributed by atoms with E-state index in [1.807, 2.05) is 24.3 Å². The lowest BCUT2D eigenvalue weighted by molar-refractivity contribution is 0.299. The number of para-hydroxylation sites is 1. The lowest BCUT2D eigenvalue weighted by atomic mass is 10.1. The molecule has 5 heteroatoms. The highest BCUT2D eigenvalue weighted by Crippen LogP contribution is 2.24. The van der Waals surface area contributed by atoms with Crippen molar-refractivity contribution in [1.82, 2.24) is 5.32 Å². The van der Waals surface area contributed by atoms with Crippen LogP contribution in [-0.2, 0) is 6.61 Å². The quantitative estimate of drug-likeness (QED) is 0.930. The highest BCUT2D eigenvalue weighted by molar-refractivity contribution is 6.31. The minimum absolute atomic E-state index is 0.0792. The lowest BCUT2D eigenvalue weighted by Crippen LogP contribution is -2.30. The van der Waals surface area contributed by atoms with Crippen molar-refractivity contribution >= 4 is 17.4 Å². The van der Waals surface area contributed by atoms with Crippen molar-refractivity contribution in [1.29, 1.82) is 0 Å². The van der Waals surface area contributed by atoms with E-state index in [0.29, 0.717) is 16.3 Å². The van der Waals surface area contributed by atoms with Crippen LogP contribution in [-0.4, -0.2) is 18.9 Å². The standard InChI is InChI=1S/C17H16ClFN2O/c18-14-6-3-7-15(19)13(14)11-22-16-8-2-1-5-12(16)17-20-9-4-10-21-17/h1-3,5-8H,4,9-11H2,(H,20,21). The maximum atomic E-state index is 13.8. The summed E-state index contributed by atoms with van der Waals surface area (Å²) in [4.78, 5) is 4.48. The monoisotopic (exact) mass is 318 g/mol. The predicted molar refractivity (Wildman–Crippen MR) is 86.2 cm³/mol. The molecule has 0 aliphatic carbocycles. The maximum Gasteiger partial charge on any atom is 0.132 e. The van der Waals surface area contributed by atoms with E-state index < -0.39 is 0 Å². The van der Waals surface area contributed by atoms with Crippen LogP contribution >= 0.6 is 11.6 Å². The van der Waals surface area contributed by atoms with E-state index in [9.17, 15) is 4.39 Å². The average Bonchev–Trinajstić information content (AvgIpc) is 2.56. The molecule has 0 amide bonds. The van der Waals surface area contributed by atoms with E-state index in [2.05, 4.69) is 10.3 Å². The number of ether oxygens (including phenoxy) is 1. The number of rotatable bonds is 4. The Kier molecular flexibility index (Phi) is 4.59. The van der Waals surface area contributed by atoms with Crippen LogP contribution in [0.25, 0.3) is 0 Å². The molecule has 0 aromatic heterocycles. The van der Waals surface area contributed by atoms with E-state index in [4.69, 9.17) is 16.3 Å². The maximum absolute atomic E-state index is 13.8. The molecule has 1 heterocycles. The van der Waals surface area contributed by atoms with Gasteiger partial charge in [0.2, 0.25) is 0 Å². The van der Waals surface area contributed by atoms with Crippen LogP contribution in [0, 0.1) is 5.82 Å². The Bertz CT molecular complexity index is 683. The summed E-state index contributed by atoms with van der Waals surface area (Å²) < 4.78 is 19.6. The van der Waals surface area contributed by atoms with Gasteiger partial charge in [-0.25, -0.2) is 4.39 Å². The molecule has 114 valence electrons. The third kappa shape index (κ3) is 3.22. The van der Waals surface area contributed by atoms with Gasteiger partial charge < -0.3 is 10.1 Å². The second kappa shape index (κ2) is 6.79. The molecule has 1 N–H and O–H groups in total. The van der Waals surface area contributed by atoms with Crippen LogP contribution in [0.1, 0.15) is 17.5 Å². The first-order chi connectivity index (χ1) is 10.8. The highest BCUT2D eigenvalue weighted by atomic mass is 35.5. The first kappa shape index (κ1) is 14.9. The Morgan fingerprint density at radius 3 is 2.82 bits per heavy atom. The van der Waals surface area contributed by atoms with Crippen molar-refractivity contribution < 1.29 is 9.13 Å². The van der Waals surface area contributed by atoms with Crippen LogP contribution in [0.5, 0.6) is 5.75 Å².